The maximum atomic E-state index is 12.3. The van der Waals surface area contributed by atoms with Crippen LogP contribution < -0.4 is 10.8 Å². The number of aromatic nitrogens is 1. The van der Waals surface area contributed by atoms with Gasteiger partial charge in [0, 0.05) is 23.5 Å². The van der Waals surface area contributed by atoms with Crippen LogP contribution in [0.5, 0.6) is 0 Å². The average molecular weight is 296 g/mol. The van der Waals surface area contributed by atoms with E-state index in [1.54, 1.807) is 24.4 Å². The fourth-order valence-electron chi connectivity index (χ4n) is 2.79. The van der Waals surface area contributed by atoms with Crippen LogP contribution in [0, 0.1) is 0 Å². The largest absolute Gasteiger partial charge is 0.488 e. The molecule has 0 fully saturated rings. The Kier molecular flexibility index (Phi) is 4.22. The highest BCUT2D eigenvalue weighted by Crippen LogP contribution is 2.19. The Morgan fingerprint density at radius 1 is 1.27 bits per heavy atom. The number of fused-ring (bicyclic) bond motifs is 1. The number of hydrogen-bond donors (Lipinski definition) is 3. The van der Waals surface area contributed by atoms with Gasteiger partial charge in [0.15, 0.2) is 0 Å². The van der Waals surface area contributed by atoms with Gasteiger partial charge in [-0.3, -0.25) is 9.78 Å². The van der Waals surface area contributed by atoms with Crippen molar-refractivity contribution in [3.63, 3.8) is 0 Å². The van der Waals surface area contributed by atoms with Crippen molar-refractivity contribution in [3.8, 4) is 0 Å². The molecule has 5 nitrogen and oxygen atoms in total. The summed E-state index contributed by atoms with van der Waals surface area (Å²) in [6, 6.07) is 10.4. The molecule has 0 unspecified atom stereocenters. The van der Waals surface area contributed by atoms with E-state index in [0.717, 1.165) is 25.0 Å². The van der Waals surface area contributed by atoms with Crippen LogP contribution in [0.15, 0.2) is 42.6 Å². The highest BCUT2D eigenvalue weighted by Gasteiger charge is 2.21. The summed E-state index contributed by atoms with van der Waals surface area (Å²) in [6.07, 6.45) is 4.29. The van der Waals surface area contributed by atoms with Crippen LogP contribution in [0.4, 0.5) is 0 Å². The molecule has 0 saturated heterocycles. The lowest BCUT2D eigenvalue weighted by molar-refractivity contribution is 0.0933. The van der Waals surface area contributed by atoms with Gasteiger partial charge in [-0.1, -0.05) is 18.2 Å². The van der Waals surface area contributed by atoms with Gasteiger partial charge in [0.25, 0.3) is 5.91 Å². The zero-order valence-electron chi connectivity index (χ0n) is 12.1. The average Bonchev–Trinajstić information content (AvgIpc) is 2.55. The molecule has 0 saturated carbocycles. The van der Waals surface area contributed by atoms with Gasteiger partial charge in [0.05, 0.1) is 0 Å². The van der Waals surface area contributed by atoms with Crippen molar-refractivity contribution in [2.45, 2.75) is 25.3 Å². The van der Waals surface area contributed by atoms with Gasteiger partial charge < -0.3 is 15.4 Å². The van der Waals surface area contributed by atoms with Crippen LogP contribution in [-0.2, 0) is 12.8 Å². The van der Waals surface area contributed by atoms with E-state index in [1.165, 1.54) is 11.6 Å². The van der Waals surface area contributed by atoms with Crippen LogP contribution in [0.25, 0.3) is 0 Å². The molecule has 1 atom stereocenters. The summed E-state index contributed by atoms with van der Waals surface area (Å²) >= 11 is 0. The lowest BCUT2D eigenvalue weighted by atomic mass is 9.79. The molecule has 22 heavy (non-hydrogen) atoms. The van der Waals surface area contributed by atoms with Crippen molar-refractivity contribution in [1.29, 1.82) is 0 Å². The van der Waals surface area contributed by atoms with Gasteiger partial charge in [-0.15, -0.1) is 0 Å². The Balaban J connectivity index is 1.69. The monoisotopic (exact) mass is 296 g/mol. The van der Waals surface area contributed by atoms with E-state index >= 15 is 0 Å². The number of carbonyl (C=O) groups is 1. The molecule has 112 valence electrons. The summed E-state index contributed by atoms with van der Waals surface area (Å²) in [6.45, 7) is 0. The van der Waals surface area contributed by atoms with E-state index in [9.17, 15) is 14.8 Å². The number of pyridine rings is 1. The third-order valence-corrected chi connectivity index (χ3v) is 3.96. The summed E-state index contributed by atoms with van der Waals surface area (Å²) in [5, 5.41) is 21.4. The zero-order chi connectivity index (χ0) is 15.5. The molecular weight excluding hydrogens is 279 g/mol. The normalized spacial score (nSPS) is 16.7. The predicted octanol–water partition coefficient (Wildman–Crippen LogP) is 0.0487. The molecule has 2 aromatic rings. The standard InChI is InChI=1S/C16H17BN2O3/c20-16(12-3-1-5-13(9-12)17(21)22)19-14-6-7-15-11(10-14)4-2-8-18-15/h1-5,8-9,14,21-22H,6-7,10H2,(H,19,20)/t14-/m0/s1. The fraction of sp³-hybridized carbons (Fsp3) is 0.250. The molecule has 0 aliphatic heterocycles. The highest BCUT2D eigenvalue weighted by molar-refractivity contribution is 6.58. The number of nitrogens with zero attached hydrogens (tertiary/aromatic N) is 1. The van der Waals surface area contributed by atoms with E-state index in [-0.39, 0.29) is 11.9 Å². The van der Waals surface area contributed by atoms with Gasteiger partial charge in [-0.05, 0) is 48.5 Å². The summed E-state index contributed by atoms with van der Waals surface area (Å²) in [7, 11) is -1.57. The first-order chi connectivity index (χ1) is 10.6. The van der Waals surface area contributed by atoms with Crippen molar-refractivity contribution in [2.24, 2.45) is 0 Å². The van der Waals surface area contributed by atoms with Crippen molar-refractivity contribution in [1.82, 2.24) is 10.3 Å². The van der Waals surface area contributed by atoms with E-state index < -0.39 is 7.12 Å². The maximum absolute atomic E-state index is 12.3. The first-order valence-corrected chi connectivity index (χ1v) is 7.33. The minimum Gasteiger partial charge on any atom is -0.423 e. The maximum Gasteiger partial charge on any atom is 0.488 e. The molecule has 1 aromatic carbocycles. The lowest BCUT2D eigenvalue weighted by Gasteiger charge is -2.24. The Morgan fingerprint density at radius 2 is 2.14 bits per heavy atom. The number of rotatable bonds is 3. The van der Waals surface area contributed by atoms with Gasteiger partial charge in [-0.2, -0.15) is 0 Å². The Bertz CT molecular complexity index is 691. The van der Waals surface area contributed by atoms with Crippen molar-refractivity contribution < 1.29 is 14.8 Å². The van der Waals surface area contributed by atoms with Crippen LogP contribution in [0.3, 0.4) is 0 Å². The van der Waals surface area contributed by atoms with Crippen molar-refractivity contribution in [3.05, 3.63) is 59.4 Å². The molecule has 3 N–H and O–H groups in total. The Labute approximate surface area is 129 Å². The van der Waals surface area contributed by atoms with E-state index in [4.69, 9.17) is 0 Å². The van der Waals surface area contributed by atoms with Crippen LogP contribution >= 0.6 is 0 Å². The second kappa shape index (κ2) is 6.29. The molecule has 6 heteroatoms. The molecule has 1 aromatic heterocycles. The quantitative estimate of drug-likeness (QED) is 0.699. The zero-order valence-corrected chi connectivity index (χ0v) is 12.1. The first-order valence-electron chi connectivity index (χ1n) is 7.33. The lowest BCUT2D eigenvalue weighted by Crippen LogP contribution is -2.39. The predicted molar refractivity (Wildman–Crippen MR) is 83.8 cm³/mol. The van der Waals surface area contributed by atoms with Crippen molar-refractivity contribution in [2.75, 3.05) is 0 Å². The summed E-state index contributed by atoms with van der Waals surface area (Å²) in [5.41, 5.74) is 3.03. The minimum absolute atomic E-state index is 0.0758. The number of aryl methyl sites for hydroxylation is 1. The van der Waals surface area contributed by atoms with E-state index in [0.29, 0.717) is 11.0 Å². The molecule has 1 aliphatic carbocycles. The summed E-state index contributed by atoms with van der Waals surface area (Å²) < 4.78 is 0. The number of hydrogen-bond acceptors (Lipinski definition) is 4. The third-order valence-electron chi connectivity index (χ3n) is 3.96. The molecule has 0 bridgehead atoms. The second-order valence-corrected chi connectivity index (χ2v) is 5.52. The second-order valence-electron chi connectivity index (χ2n) is 5.52. The topological polar surface area (TPSA) is 82.5 Å². The SMILES string of the molecule is O=C(N[C@H]1CCc2ncccc2C1)c1cccc(B(O)O)c1. The molecule has 1 amide bonds. The van der Waals surface area contributed by atoms with E-state index in [2.05, 4.69) is 10.3 Å². The fourth-order valence-corrected chi connectivity index (χ4v) is 2.79. The summed E-state index contributed by atoms with van der Waals surface area (Å²) in [5.74, 6) is -0.195. The molecule has 3 rings (SSSR count). The third kappa shape index (κ3) is 3.18. The molecule has 1 heterocycles. The number of benzene rings is 1. The minimum atomic E-state index is -1.57. The number of amides is 1. The van der Waals surface area contributed by atoms with Gasteiger partial charge in [-0.25, -0.2) is 0 Å². The van der Waals surface area contributed by atoms with Gasteiger partial charge >= 0.3 is 7.12 Å². The molecule has 1 aliphatic rings. The first kappa shape index (κ1) is 14.7. The smallest absolute Gasteiger partial charge is 0.423 e. The molecular formula is C16H17BN2O3. The highest BCUT2D eigenvalue weighted by atomic mass is 16.4. The van der Waals surface area contributed by atoms with Crippen LogP contribution in [-0.4, -0.2) is 34.1 Å². The van der Waals surface area contributed by atoms with E-state index in [1.807, 2.05) is 12.1 Å². The summed E-state index contributed by atoms with van der Waals surface area (Å²) in [4.78, 5) is 16.7. The Hall–Kier alpha value is -2.18. The number of nitrogens with one attached hydrogen (secondary N) is 1. The van der Waals surface area contributed by atoms with Crippen LogP contribution in [0.1, 0.15) is 28.0 Å². The number of carbonyl (C=O) groups excluding carboxylic acids is 1. The van der Waals surface area contributed by atoms with Crippen LogP contribution in [0.2, 0.25) is 0 Å². The molecule has 0 radical (unpaired) electrons. The van der Waals surface area contributed by atoms with Gasteiger partial charge in [0.2, 0.25) is 0 Å². The Morgan fingerprint density at radius 3 is 2.95 bits per heavy atom. The van der Waals surface area contributed by atoms with Crippen molar-refractivity contribution >= 4 is 18.5 Å². The van der Waals surface area contributed by atoms with Gasteiger partial charge in [0.1, 0.15) is 0 Å². The molecule has 0 spiro atoms.